The Labute approximate surface area is 238 Å². The van der Waals surface area contributed by atoms with Crippen molar-refractivity contribution < 1.29 is 28.7 Å². The zero-order valence-electron chi connectivity index (χ0n) is 23.6. The number of hydrogen-bond donors (Lipinski definition) is 2. The van der Waals surface area contributed by atoms with Crippen molar-refractivity contribution in [1.82, 2.24) is 20.1 Å². The number of rotatable bonds is 4. The lowest BCUT2D eigenvalue weighted by Crippen LogP contribution is -2.62. The molecule has 1 aromatic heterocycles. The molecule has 4 fully saturated rings. The van der Waals surface area contributed by atoms with Crippen LogP contribution in [0.1, 0.15) is 65.7 Å². The van der Waals surface area contributed by atoms with Gasteiger partial charge in [-0.2, -0.15) is 5.26 Å². The van der Waals surface area contributed by atoms with E-state index >= 15 is 0 Å². The molecule has 4 heterocycles. The second-order valence-electron chi connectivity index (χ2n) is 13.3. The van der Waals surface area contributed by atoms with E-state index in [2.05, 4.69) is 21.7 Å². The minimum Gasteiger partial charge on any atom is -0.472 e. The van der Waals surface area contributed by atoms with Crippen LogP contribution in [0.5, 0.6) is 5.75 Å². The van der Waals surface area contributed by atoms with Gasteiger partial charge in [-0.05, 0) is 61.5 Å². The molecule has 4 unspecified atom stereocenters. The number of likely N-dealkylation sites (tertiary alicyclic amines) is 2. The summed E-state index contributed by atoms with van der Waals surface area (Å²) in [6.07, 6.45) is 5.62. The van der Waals surface area contributed by atoms with Crippen LogP contribution in [0, 0.1) is 22.2 Å². The lowest BCUT2D eigenvalue weighted by atomic mass is 9.82. The molecule has 0 radical (unpaired) electrons. The molecule has 2 N–H and O–H groups in total. The van der Waals surface area contributed by atoms with E-state index in [1.54, 1.807) is 17.0 Å². The predicted molar refractivity (Wildman–Crippen MR) is 144 cm³/mol. The maximum absolute atomic E-state index is 14.3. The van der Waals surface area contributed by atoms with Crippen molar-refractivity contribution >= 4 is 29.6 Å². The molecule has 2 saturated carbocycles. The van der Waals surface area contributed by atoms with E-state index in [4.69, 9.17) is 9.47 Å². The summed E-state index contributed by atoms with van der Waals surface area (Å²) >= 11 is 0. The Bertz CT molecular complexity index is 1330. The Morgan fingerprint density at radius 2 is 1.98 bits per heavy atom. The van der Waals surface area contributed by atoms with Gasteiger partial charge in [0.25, 0.3) is 5.91 Å². The molecule has 2 aliphatic carbocycles. The summed E-state index contributed by atoms with van der Waals surface area (Å²) < 4.78 is 11.5. The van der Waals surface area contributed by atoms with Crippen LogP contribution in [-0.2, 0) is 19.1 Å². The maximum atomic E-state index is 14.3. The lowest BCUT2D eigenvalue weighted by molar-refractivity contribution is -0.152. The van der Waals surface area contributed by atoms with Gasteiger partial charge in [0.05, 0.1) is 12.6 Å². The van der Waals surface area contributed by atoms with Crippen molar-refractivity contribution in [2.45, 2.75) is 95.5 Å². The van der Waals surface area contributed by atoms with Crippen LogP contribution in [0.25, 0.3) is 0 Å². The van der Waals surface area contributed by atoms with Crippen molar-refractivity contribution in [3.05, 3.63) is 18.3 Å². The van der Waals surface area contributed by atoms with Crippen molar-refractivity contribution in [1.29, 1.82) is 5.26 Å². The third-order valence-electron chi connectivity index (χ3n) is 9.06. The molecule has 0 aromatic carbocycles. The molecule has 3 aliphatic heterocycles. The van der Waals surface area contributed by atoms with E-state index in [0.717, 1.165) is 32.1 Å². The summed E-state index contributed by atoms with van der Waals surface area (Å²) in [5.74, 6) is -0.521. The number of carbonyl (C=O) groups excluding carboxylic acids is 4. The number of carbonyl (C=O) groups is 4. The molecule has 218 valence electrons. The van der Waals surface area contributed by atoms with Gasteiger partial charge in [-0.25, -0.2) is 9.78 Å². The van der Waals surface area contributed by atoms with Gasteiger partial charge in [-0.1, -0.05) is 20.8 Å². The number of anilines is 1. The standard InChI is InChI=1S/C29H36N6O6/c1-27(2,3)21(32-26(39)40-18-6-7-18)24(37)34-12-10-28(8-9-28)14-19(34)23(36)35-16-29(13-17(35)15-30)25(38)33-22-20(41-29)5-4-11-31-22/h4-5,11,17-19,21H,6-10,12-14,16H2,1-3H3,(H,32,39)(H,31,33,38). The lowest BCUT2D eigenvalue weighted by Gasteiger charge is -2.44. The number of piperidine rings is 1. The number of amides is 4. The zero-order valence-corrected chi connectivity index (χ0v) is 23.6. The molecule has 1 aromatic rings. The summed E-state index contributed by atoms with van der Waals surface area (Å²) in [5, 5.41) is 15.6. The molecule has 4 atom stereocenters. The molecular formula is C29H36N6O6. The van der Waals surface area contributed by atoms with Crippen molar-refractivity contribution in [3.63, 3.8) is 0 Å². The number of hydrogen-bond acceptors (Lipinski definition) is 8. The first-order chi connectivity index (χ1) is 19.4. The van der Waals surface area contributed by atoms with Crippen LogP contribution < -0.4 is 15.4 Å². The molecular weight excluding hydrogens is 528 g/mol. The highest BCUT2D eigenvalue weighted by Crippen LogP contribution is 2.55. The summed E-state index contributed by atoms with van der Waals surface area (Å²) in [6.45, 7) is 5.82. The Morgan fingerprint density at radius 3 is 2.63 bits per heavy atom. The van der Waals surface area contributed by atoms with Gasteiger partial charge >= 0.3 is 6.09 Å². The van der Waals surface area contributed by atoms with E-state index in [-0.39, 0.29) is 36.3 Å². The van der Waals surface area contributed by atoms with Crippen molar-refractivity contribution in [2.24, 2.45) is 10.8 Å². The Hall–Kier alpha value is -3.88. The first kappa shape index (κ1) is 27.3. The van der Waals surface area contributed by atoms with Gasteiger partial charge < -0.3 is 29.9 Å². The fourth-order valence-corrected chi connectivity index (χ4v) is 6.25. The number of nitrogens with zero attached hydrogens (tertiary/aromatic N) is 4. The van der Waals surface area contributed by atoms with E-state index < -0.39 is 41.1 Å². The fraction of sp³-hybridized carbons (Fsp3) is 0.655. The first-order valence-corrected chi connectivity index (χ1v) is 14.4. The highest BCUT2D eigenvalue weighted by Gasteiger charge is 2.59. The molecule has 4 amide bonds. The second-order valence-corrected chi connectivity index (χ2v) is 13.3. The third kappa shape index (κ3) is 5.06. The Balaban J connectivity index is 1.26. The Morgan fingerprint density at radius 1 is 1.22 bits per heavy atom. The third-order valence-corrected chi connectivity index (χ3v) is 9.06. The molecule has 6 rings (SSSR count). The molecule has 41 heavy (non-hydrogen) atoms. The number of alkyl carbamates (subject to hydrolysis) is 1. The quantitative estimate of drug-likeness (QED) is 0.565. The van der Waals surface area contributed by atoms with Gasteiger partial charge in [0, 0.05) is 19.2 Å². The highest BCUT2D eigenvalue weighted by atomic mass is 16.6. The number of nitriles is 1. The minimum atomic E-state index is -1.44. The molecule has 2 spiro atoms. The molecule has 5 aliphatic rings. The number of pyridine rings is 1. The van der Waals surface area contributed by atoms with Crippen LogP contribution in [0.15, 0.2) is 18.3 Å². The normalized spacial score (nSPS) is 28.7. The first-order valence-electron chi connectivity index (χ1n) is 14.4. The van der Waals surface area contributed by atoms with E-state index in [9.17, 15) is 24.4 Å². The van der Waals surface area contributed by atoms with E-state index in [1.807, 2.05) is 20.8 Å². The average molecular weight is 565 g/mol. The van der Waals surface area contributed by atoms with Crippen molar-refractivity contribution in [3.8, 4) is 11.8 Å². The number of aromatic nitrogens is 1. The second kappa shape index (κ2) is 9.60. The van der Waals surface area contributed by atoms with Gasteiger partial charge in [-0.3, -0.25) is 14.4 Å². The highest BCUT2D eigenvalue weighted by molar-refractivity contribution is 6.01. The largest absolute Gasteiger partial charge is 0.472 e. The smallest absolute Gasteiger partial charge is 0.408 e. The van der Waals surface area contributed by atoms with E-state index in [1.165, 1.54) is 11.1 Å². The maximum Gasteiger partial charge on any atom is 0.408 e. The van der Waals surface area contributed by atoms with Crippen LogP contribution in [0.3, 0.4) is 0 Å². The zero-order chi connectivity index (χ0) is 29.2. The van der Waals surface area contributed by atoms with Crippen LogP contribution >= 0.6 is 0 Å². The summed E-state index contributed by atoms with van der Waals surface area (Å²) in [4.78, 5) is 61.3. The molecule has 12 heteroatoms. The average Bonchev–Trinajstić information content (AvgIpc) is 3.86. The fourth-order valence-electron chi connectivity index (χ4n) is 6.25. The number of nitrogens with one attached hydrogen (secondary N) is 2. The molecule has 12 nitrogen and oxygen atoms in total. The van der Waals surface area contributed by atoms with Gasteiger partial charge in [0.15, 0.2) is 11.6 Å². The van der Waals surface area contributed by atoms with Gasteiger partial charge in [0.1, 0.15) is 24.2 Å². The van der Waals surface area contributed by atoms with Crippen LogP contribution in [0.4, 0.5) is 10.6 Å². The topological polar surface area (TPSA) is 154 Å². The summed E-state index contributed by atoms with van der Waals surface area (Å²) in [5.41, 5.74) is -2.09. The van der Waals surface area contributed by atoms with Crippen LogP contribution in [0.2, 0.25) is 0 Å². The number of fused-ring (bicyclic) bond motifs is 1. The van der Waals surface area contributed by atoms with Gasteiger partial charge in [0.2, 0.25) is 17.4 Å². The monoisotopic (exact) mass is 564 g/mol. The number of ether oxygens (including phenoxy) is 2. The minimum absolute atomic E-state index is 0.000393. The summed E-state index contributed by atoms with van der Waals surface area (Å²) in [6, 6.07) is 2.90. The van der Waals surface area contributed by atoms with E-state index in [0.29, 0.717) is 24.5 Å². The summed E-state index contributed by atoms with van der Waals surface area (Å²) in [7, 11) is 0. The van der Waals surface area contributed by atoms with Crippen molar-refractivity contribution in [2.75, 3.05) is 18.4 Å². The van der Waals surface area contributed by atoms with Crippen LogP contribution in [-0.4, -0.2) is 81.5 Å². The molecule has 2 saturated heterocycles. The van der Waals surface area contributed by atoms with Gasteiger partial charge in [-0.15, -0.1) is 0 Å². The molecule has 0 bridgehead atoms. The predicted octanol–water partition coefficient (Wildman–Crippen LogP) is 2.35. The SMILES string of the molecule is CC(C)(C)C(NC(=O)OC1CC1)C(=O)N1CCC2(CC2)CC1C(=O)N1CC2(CC1C#N)Oc1cccnc1NC2=O. The Kier molecular flexibility index (Phi) is 6.39.